The first-order chi connectivity index (χ1) is 12.5. The average molecular weight is 356 g/mol. The van der Waals surface area contributed by atoms with Crippen LogP contribution in [0.1, 0.15) is 48.6 Å². The van der Waals surface area contributed by atoms with Gasteiger partial charge in [0.1, 0.15) is 5.69 Å². The molecule has 0 bridgehead atoms. The minimum Gasteiger partial charge on any atom is -0.370 e. The predicted octanol–water partition coefficient (Wildman–Crippen LogP) is 2.84. The molecule has 6 heteroatoms. The molecular formula is C20H28N4O2. The number of aromatic nitrogens is 3. The van der Waals surface area contributed by atoms with Gasteiger partial charge in [0.15, 0.2) is 0 Å². The van der Waals surface area contributed by atoms with Crippen molar-refractivity contribution in [2.24, 2.45) is 13.0 Å². The fourth-order valence-corrected chi connectivity index (χ4v) is 3.35. The van der Waals surface area contributed by atoms with Crippen molar-refractivity contribution in [3.05, 3.63) is 47.5 Å². The van der Waals surface area contributed by atoms with E-state index in [1.54, 1.807) is 10.9 Å². The van der Waals surface area contributed by atoms with Crippen molar-refractivity contribution >= 4 is 5.91 Å². The van der Waals surface area contributed by atoms with Crippen molar-refractivity contribution in [2.45, 2.75) is 45.8 Å². The molecular weight excluding hydrogens is 328 g/mol. The van der Waals surface area contributed by atoms with Crippen LogP contribution in [0.5, 0.6) is 0 Å². The molecule has 3 rings (SSSR count). The van der Waals surface area contributed by atoms with Gasteiger partial charge in [-0.2, -0.15) is 5.10 Å². The van der Waals surface area contributed by atoms with Gasteiger partial charge in [-0.1, -0.05) is 19.9 Å². The molecule has 1 fully saturated rings. The molecule has 0 N–H and O–H groups in total. The number of carbonyl (C=O) groups is 1. The molecule has 1 amide bonds. The van der Waals surface area contributed by atoms with Gasteiger partial charge in [0.25, 0.3) is 5.91 Å². The van der Waals surface area contributed by atoms with Crippen molar-refractivity contribution < 1.29 is 9.53 Å². The number of hydrogen-bond donors (Lipinski definition) is 0. The minimum absolute atomic E-state index is 0.0427. The quantitative estimate of drug-likeness (QED) is 0.798. The van der Waals surface area contributed by atoms with Crippen LogP contribution in [0.25, 0.3) is 0 Å². The number of rotatable bonds is 6. The number of hydrogen-bond acceptors (Lipinski definition) is 4. The van der Waals surface area contributed by atoms with Crippen LogP contribution < -0.4 is 0 Å². The van der Waals surface area contributed by atoms with Gasteiger partial charge in [-0.25, -0.2) is 0 Å². The summed E-state index contributed by atoms with van der Waals surface area (Å²) in [5.41, 5.74) is 2.55. The summed E-state index contributed by atoms with van der Waals surface area (Å²) in [6.45, 7) is 6.19. The Balaban J connectivity index is 1.60. The molecule has 140 valence electrons. The summed E-state index contributed by atoms with van der Waals surface area (Å²) in [7, 11) is 1.84. The predicted molar refractivity (Wildman–Crippen MR) is 99.7 cm³/mol. The molecule has 2 aromatic heterocycles. The molecule has 3 heterocycles. The molecule has 1 aliphatic heterocycles. The van der Waals surface area contributed by atoms with Gasteiger partial charge in [-0.05, 0) is 43.4 Å². The van der Waals surface area contributed by atoms with E-state index in [2.05, 4.69) is 23.9 Å². The summed E-state index contributed by atoms with van der Waals surface area (Å²) in [5.74, 6) is 0.563. The van der Waals surface area contributed by atoms with Crippen LogP contribution in [0, 0.1) is 5.92 Å². The number of likely N-dealkylation sites (tertiary alicyclic amines) is 1. The monoisotopic (exact) mass is 356 g/mol. The summed E-state index contributed by atoms with van der Waals surface area (Å²) in [6, 6.07) is 7.74. The Morgan fingerprint density at radius 3 is 2.92 bits per heavy atom. The zero-order chi connectivity index (χ0) is 18.5. The highest BCUT2D eigenvalue weighted by Crippen LogP contribution is 2.18. The van der Waals surface area contributed by atoms with E-state index in [0.717, 1.165) is 37.2 Å². The lowest BCUT2D eigenvalue weighted by Crippen LogP contribution is -2.43. The summed E-state index contributed by atoms with van der Waals surface area (Å²) < 4.78 is 7.70. The molecule has 0 aromatic carbocycles. The third kappa shape index (κ3) is 4.69. The van der Waals surface area contributed by atoms with Crippen molar-refractivity contribution in [3.63, 3.8) is 0 Å². The van der Waals surface area contributed by atoms with Crippen molar-refractivity contribution in [2.75, 3.05) is 13.1 Å². The molecule has 26 heavy (non-hydrogen) atoms. The first kappa shape index (κ1) is 18.6. The molecule has 2 aromatic rings. The van der Waals surface area contributed by atoms with Crippen LogP contribution in [0.15, 0.2) is 30.5 Å². The van der Waals surface area contributed by atoms with Crippen LogP contribution in [0.4, 0.5) is 0 Å². The number of aryl methyl sites for hydroxylation is 1. The van der Waals surface area contributed by atoms with Gasteiger partial charge in [0.05, 0.1) is 24.1 Å². The second kappa shape index (κ2) is 8.45. The van der Waals surface area contributed by atoms with Gasteiger partial charge in [-0.15, -0.1) is 0 Å². The lowest BCUT2D eigenvalue weighted by atomic mass is 10.1. The molecule has 6 nitrogen and oxygen atoms in total. The molecule has 0 saturated carbocycles. The number of ether oxygens (including phenoxy) is 1. The van der Waals surface area contributed by atoms with Crippen LogP contribution >= 0.6 is 0 Å². The summed E-state index contributed by atoms with van der Waals surface area (Å²) in [5, 5.41) is 4.49. The maximum absolute atomic E-state index is 12.9. The number of nitrogens with zero attached hydrogens (tertiary/aromatic N) is 4. The van der Waals surface area contributed by atoms with E-state index in [-0.39, 0.29) is 12.0 Å². The number of amides is 1. The smallest absolute Gasteiger partial charge is 0.272 e. The van der Waals surface area contributed by atoms with Gasteiger partial charge >= 0.3 is 0 Å². The Bertz CT molecular complexity index is 727. The van der Waals surface area contributed by atoms with Crippen molar-refractivity contribution in [1.29, 1.82) is 0 Å². The zero-order valence-corrected chi connectivity index (χ0v) is 15.9. The molecule has 0 radical (unpaired) electrons. The topological polar surface area (TPSA) is 60.3 Å². The van der Waals surface area contributed by atoms with Crippen LogP contribution in [-0.2, 0) is 24.8 Å². The van der Waals surface area contributed by atoms with E-state index >= 15 is 0 Å². The van der Waals surface area contributed by atoms with E-state index in [9.17, 15) is 4.79 Å². The maximum Gasteiger partial charge on any atom is 0.272 e. The lowest BCUT2D eigenvalue weighted by molar-refractivity contribution is -0.00814. The third-order valence-corrected chi connectivity index (χ3v) is 4.63. The Labute approximate surface area is 155 Å². The average Bonchev–Trinajstić information content (AvgIpc) is 3.00. The number of carbonyl (C=O) groups excluding carboxylic acids is 1. The fraction of sp³-hybridized carbons (Fsp3) is 0.550. The molecule has 0 aliphatic carbocycles. The highest BCUT2D eigenvalue weighted by atomic mass is 16.5. The number of pyridine rings is 1. The molecule has 1 unspecified atom stereocenters. The third-order valence-electron chi connectivity index (χ3n) is 4.63. The largest absolute Gasteiger partial charge is 0.370 e. The fourth-order valence-electron chi connectivity index (χ4n) is 3.35. The normalized spacial score (nSPS) is 17.7. The SMILES string of the molecule is CC(C)Cc1cc(C(=O)N2CCCC(OCc3ccccn3)C2)n(C)n1. The highest BCUT2D eigenvalue weighted by Gasteiger charge is 2.27. The van der Waals surface area contributed by atoms with Crippen LogP contribution in [0.2, 0.25) is 0 Å². The molecule has 0 spiro atoms. The van der Waals surface area contributed by atoms with Crippen LogP contribution in [-0.4, -0.2) is 44.8 Å². The van der Waals surface area contributed by atoms with E-state index in [0.29, 0.717) is 24.8 Å². The molecule has 1 saturated heterocycles. The molecule has 1 aliphatic rings. The van der Waals surface area contributed by atoms with E-state index in [1.165, 1.54) is 0 Å². The van der Waals surface area contributed by atoms with E-state index in [1.807, 2.05) is 36.2 Å². The van der Waals surface area contributed by atoms with E-state index in [4.69, 9.17) is 4.74 Å². The van der Waals surface area contributed by atoms with Crippen LogP contribution in [0.3, 0.4) is 0 Å². The summed E-state index contributed by atoms with van der Waals surface area (Å²) >= 11 is 0. The van der Waals surface area contributed by atoms with Gasteiger partial charge in [0.2, 0.25) is 0 Å². The second-order valence-electron chi connectivity index (χ2n) is 7.39. The molecule has 1 atom stereocenters. The van der Waals surface area contributed by atoms with Crippen molar-refractivity contribution in [1.82, 2.24) is 19.7 Å². The van der Waals surface area contributed by atoms with E-state index < -0.39 is 0 Å². The number of piperidine rings is 1. The zero-order valence-electron chi connectivity index (χ0n) is 15.9. The second-order valence-corrected chi connectivity index (χ2v) is 7.39. The Morgan fingerprint density at radius 1 is 1.35 bits per heavy atom. The first-order valence-electron chi connectivity index (χ1n) is 9.36. The lowest BCUT2D eigenvalue weighted by Gasteiger charge is -2.32. The summed E-state index contributed by atoms with van der Waals surface area (Å²) in [6.07, 6.45) is 4.64. The van der Waals surface area contributed by atoms with Gasteiger partial charge < -0.3 is 9.64 Å². The Hall–Kier alpha value is -2.21. The Kier molecular flexibility index (Phi) is 6.04. The highest BCUT2D eigenvalue weighted by molar-refractivity contribution is 5.92. The van der Waals surface area contributed by atoms with Gasteiger partial charge in [0, 0.05) is 26.3 Å². The summed E-state index contributed by atoms with van der Waals surface area (Å²) in [4.78, 5) is 19.1. The Morgan fingerprint density at radius 2 is 2.19 bits per heavy atom. The van der Waals surface area contributed by atoms with Crippen molar-refractivity contribution in [3.8, 4) is 0 Å². The standard InChI is InChI=1S/C20H28N4O2/c1-15(2)11-17-12-19(23(3)22-17)20(25)24-10-6-8-18(13-24)26-14-16-7-4-5-9-21-16/h4-5,7,9,12,15,18H,6,8,10-11,13-14H2,1-3H3. The first-order valence-corrected chi connectivity index (χ1v) is 9.36. The van der Waals surface area contributed by atoms with Gasteiger partial charge in [-0.3, -0.25) is 14.5 Å². The minimum atomic E-state index is 0.0427. The maximum atomic E-state index is 12.9.